The molecule has 0 bridgehead atoms. The largest absolute Gasteiger partial charge is 0.480 e. The highest BCUT2D eigenvalue weighted by atomic mass is 16.4. The van der Waals surface area contributed by atoms with Crippen LogP contribution in [0.3, 0.4) is 0 Å². The summed E-state index contributed by atoms with van der Waals surface area (Å²) >= 11 is 0. The van der Waals surface area contributed by atoms with Gasteiger partial charge in [-0.1, -0.05) is 51.1 Å². The van der Waals surface area contributed by atoms with Crippen LogP contribution in [0.1, 0.15) is 39.2 Å². The second-order valence-corrected chi connectivity index (χ2v) is 6.13. The number of rotatable bonds is 9. The van der Waals surface area contributed by atoms with Crippen molar-refractivity contribution in [3.63, 3.8) is 0 Å². The topological polar surface area (TPSA) is 95.5 Å². The van der Waals surface area contributed by atoms with Crippen LogP contribution in [0.25, 0.3) is 0 Å². The molecule has 6 nitrogen and oxygen atoms in total. The maximum Gasteiger partial charge on any atom is 0.326 e. The van der Waals surface area contributed by atoms with E-state index in [1.165, 1.54) is 0 Å². The molecule has 0 fully saturated rings. The molecule has 0 heterocycles. The summed E-state index contributed by atoms with van der Waals surface area (Å²) in [4.78, 5) is 35.7. The molecule has 1 rings (SSSR count). The molecule has 0 aliphatic carbocycles. The first-order chi connectivity index (χ1) is 11.3. The van der Waals surface area contributed by atoms with E-state index in [4.69, 9.17) is 0 Å². The highest BCUT2D eigenvalue weighted by Crippen LogP contribution is 2.07. The van der Waals surface area contributed by atoms with Crippen molar-refractivity contribution in [1.29, 1.82) is 0 Å². The zero-order valence-electron chi connectivity index (χ0n) is 14.4. The van der Waals surface area contributed by atoms with Gasteiger partial charge in [0.15, 0.2) is 0 Å². The van der Waals surface area contributed by atoms with Crippen LogP contribution in [0.15, 0.2) is 30.3 Å². The molecular formula is C18H26N2O4. The summed E-state index contributed by atoms with van der Waals surface area (Å²) in [5.41, 5.74) is 0.894. The molecule has 24 heavy (non-hydrogen) atoms. The average Bonchev–Trinajstić information content (AvgIpc) is 2.52. The van der Waals surface area contributed by atoms with E-state index in [2.05, 4.69) is 10.6 Å². The van der Waals surface area contributed by atoms with Gasteiger partial charge in [-0.15, -0.1) is 0 Å². The van der Waals surface area contributed by atoms with Gasteiger partial charge in [0.2, 0.25) is 11.8 Å². The Morgan fingerprint density at radius 2 is 1.71 bits per heavy atom. The summed E-state index contributed by atoms with van der Waals surface area (Å²) in [5.74, 6) is -2.04. The molecule has 0 spiro atoms. The average molecular weight is 334 g/mol. The van der Waals surface area contributed by atoms with Crippen molar-refractivity contribution >= 4 is 17.8 Å². The van der Waals surface area contributed by atoms with Gasteiger partial charge in [0.1, 0.15) is 12.1 Å². The van der Waals surface area contributed by atoms with Crippen molar-refractivity contribution < 1.29 is 19.5 Å². The maximum absolute atomic E-state index is 12.5. The molecular weight excluding hydrogens is 308 g/mol. The number of benzene rings is 1. The molecule has 1 aromatic carbocycles. The van der Waals surface area contributed by atoms with E-state index in [1.807, 2.05) is 37.3 Å². The predicted octanol–water partition coefficient (Wildman–Crippen LogP) is 1.74. The molecule has 1 aromatic rings. The standard InChI is InChI=1S/C18H26N2O4/c1-4-8-15(21)19-14(11-13-9-6-5-7-10-13)17(22)20-16(12(2)3)18(23)24/h5-7,9-10,12,14,16H,4,8,11H2,1-3H3,(H,19,21)(H,20,22)(H,23,24). The van der Waals surface area contributed by atoms with Crippen molar-refractivity contribution in [2.75, 3.05) is 0 Å². The number of aliphatic carboxylic acids is 1. The molecule has 0 saturated heterocycles. The predicted molar refractivity (Wildman–Crippen MR) is 91.4 cm³/mol. The van der Waals surface area contributed by atoms with Gasteiger partial charge in [0.05, 0.1) is 0 Å². The van der Waals surface area contributed by atoms with Crippen molar-refractivity contribution in [3.8, 4) is 0 Å². The van der Waals surface area contributed by atoms with Crippen molar-refractivity contribution in [1.82, 2.24) is 10.6 Å². The first kappa shape index (κ1) is 19.7. The van der Waals surface area contributed by atoms with E-state index in [0.29, 0.717) is 19.3 Å². The lowest BCUT2D eigenvalue weighted by Gasteiger charge is -2.23. The zero-order chi connectivity index (χ0) is 18.1. The normalized spacial score (nSPS) is 13.2. The number of carboxylic acids is 1. The van der Waals surface area contributed by atoms with Gasteiger partial charge in [-0.3, -0.25) is 9.59 Å². The van der Waals surface area contributed by atoms with Crippen molar-refractivity contribution in [3.05, 3.63) is 35.9 Å². The van der Waals surface area contributed by atoms with Crippen LogP contribution in [0.5, 0.6) is 0 Å². The van der Waals surface area contributed by atoms with Crippen LogP contribution in [0.2, 0.25) is 0 Å². The minimum absolute atomic E-state index is 0.218. The molecule has 2 amide bonds. The van der Waals surface area contributed by atoms with Crippen LogP contribution in [0, 0.1) is 5.92 Å². The molecule has 0 aromatic heterocycles. The smallest absolute Gasteiger partial charge is 0.326 e. The number of nitrogens with one attached hydrogen (secondary N) is 2. The number of carbonyl (C=O) groups excluding carboxylic acids is 2. The summed E-state index contributed by atoms with van der Waals surface area (Å²) < 4.78 is 0. The van der Waals surface area contributed by atoms with E-state index in [1.54, 1.807) is 13.8 Å². The minimum Gasteiger partial charge on any atom is -0.480 e. The highest BCUT2D eigenvalue weighted by molar-refractivity contribution is 5.90. The van der Waals surface area contributed by atoms with E-state index >= 15 is 0 Å². The fraction of sp³-hybridized carbons (Fsp3) is 0.500. The molecule has 0 aliphatic rings. The lowest BCUT2D eigenvalue weighted by atomic mass is 10.0. The van der Waals surface area contributed by atoms with Crippen LogP contribution in [-0.2, 0) is 20.8 Å². The first-order valence-electron chi connectivity index (χ1n) is 8.21. The van der Waals surface area contributed by atoms with Gasteiger partial charge >= 0.3 is 5.97 Å². The Morgan fingerprint density at radius 1 is 1.08 bits per heavy atom. The van der Waals surface area contributed by atoms with E-state index < -0.39 is 24.0 Å². The molecule has 2 unspecified atom stereocenters. The summed E-state index contributed by atoms with van der Waals surface area (Å²) in [5, 5.41) is 14.5. The third-order valence-electron chi connectivity index (χ3n) is 3.64. The van der Waals surface area contributed by atoms with E-state index in [-0.39, 0.29) is 11.8 Å². The summed E-state index contributed by atoms with van der Waals surface area (Å²) in [6.45, 7) is 5.33. The Kier molecular flexibility index (Phi) is 7.95. The fourth-order valence-electron chi connectivity index (χ4n) is 2.32. The van der Waals surface area contributed by atoms with Gasteiger partial charge in [-0.25, -0.2) is 4.79 Å². The van der Waals surface area contributed by atoms with E-state index in [9.17, 15) is 19.5 Å². The number of carboxylic acid groups (broad SMARTS) is 1. The lowest BCUT2D eigenvalue weighted by Crippen LogP contribution is -2.53. The maximum atomic E-state index is 12.5. The summed E-state index contributed by atoms with van der Waals surface area (Å²) in [7, 11) is 0. The van der Waals surface area contributed by atoms with Crippen molar-refractivity contribution in [2.45, 2.75) is 52.1 Å². The Balaban J connectivity index is 2.87. The third-order valence-corrected chi connectivity index (χ3v) is 3.64. The zero-order valence-corrected chi connectivity index (χ0v) is 14.4. The molecule has 3 N–H and O–H groups in total. The molecule has 6 heteroatoms. The lowest BCUT2D eigenvalue weighted by molar-refractivity contribution is -0.143. The monoisotopic (exact) mass is 334 g/mol. The van der Waals surface area contributed by atoms with Crippen LogP contribution >= 0.6 is 0 Å². The van der Waals surface area contributed by atoms with Gasteiger partial charge in [-0.2, -0.15) is 0 Å². The number of hydrogen-bond acceptors (Lipinski definition) is 3. The molecule has 0 saturated carbocycles. The number of amides is 2. The number of hydrogen-bond donors (Lipinski definition) is 3. The molecule has 132 valence electrons. The quantitative estimate of drug-likeness (QED) is 0.641. The molecule has 0 radical (unpaired) electrons. The SMILES string of the molecule is CCCC(=O)NC(Cc1ccccc1)C(=O)NC(C(=O)O)C(C)C. The molecule has 0 aliphatic heterocycles. The van der Waals surface area contributed by atoms with Gasteiger partial charge in [0, 0.05) is 12.8 Å². The number of carbonyl (C=O) groups is 3. The van der Waals surface area contributed by atoms with Gasteiger partial charge in [-0.05, 0) is 17.9 Å². The Bertz CT molecular complexity index is 557. The summed E-state index contributed by atoms with van der Waals surface area (Å²) in [6.07, 6.45) is 1.31. The first-order valence-corrected chi connectivity index (χ1v) is 8.21. The highest BCUT2D eigenvalue weighted by Gasteiger charge is 2.28. The van der Waals surface area contributed by atoms with Crippen molar-refractivity contribution in [2.24, 2.45) is 5.92 Å². The van der Waals surface area contributed by atoms with Crippen LogP contribution < -0.4 is 10.6 Å². The van der Waals surface area contributed by atoms with Crippen LogP contribution in [-0.4, -0.2) is 35.0 Å². The Labute approximate surface area is 142 Å². The third kappa shape index (κ3) is 6.40. The fourth-order valence-corrected chi connectivity index (χ4v) is 2.32. The minimum atomic E-state index is -1.09. The Hall–Kier alpha value is -2.37. The Morgan fingerprint density at radius 3 is 2.21 bits per heavy atom. The van der Waals surface area contributed by atoms with E-state index in [0.717, 1.165) is 5.56 Å². The second-order valence-electron chi connectivity index (χ2n) is 6.13. The van der Waals surface area contributed by atoms with Gasteiger partial charge in [0.25, 0.3) is 0 Å². The molecule has 2 atom stereocenters. The summed E-state index contributed by atoms with van der Waals surface area (Å²) in [6, 6.07) is 7.52. The van der Waals surface area contributed by atoms with Gasteiger partial charge < -0.3 is 15.7 Å². The second kappa shape index (κ2) is 9.70. The van der Waals surface area contributed by atoms with Crippen LogP contribution in [0.4, 0.5) is 0 Å².